The number of nitrogens with two attached hydrogens (primary N) is 1. The van der Waals surface area contributed by atoms with Crippen molar-refractivity contribution in [2.45, 2.75) is 47.0 Å². The van der Waals surface area contributed by atoms with Crippen LogP contribution in [0.15, 0.2) is 5.16 Å². The predicted molar refractivity (Wildman–Crippen MR) is 83.9 cm³/mol. The van der Waals surface area contributed by atoms with Gasteiger partial charge in [-0.1, -0.05) is 19.0 Å². The fraction of sp³-hybridized carbons (Fsp3) is 0.667. The Morgan fingerprint density at radius 2 is 1.95 bits per heavy atom. The lowest BCUT2D eigenvalue weighted by molar-refractivity contribution is 0.318. The number of oxime groups is 1. The normalized spacial score (nSPS) is 19.4. The van der Waals surface area contributed by atoms with Crippen LogP contribution in [0.2, 0.25) is 0 Å². The van der Waals surface area contributed by atoms with E-state index in [0.717, 1.165) is 43.0 Å². The Balaban J connectivity index is 2.42. The van der Waals surface area contributed by atoms with E-state index in [-0.39, 0.29) is 5.84 Å². The van der Waals surface area contributed by atoms with Crippen LogP contribution in [0, 0.1) is 19.3 Å². The summed E-state index contributed by atoms with van der Waals surface area (Å²) in [6, 6.07) is 0. The van der Waals surface area contributed by atoms with Crippen LogP contribution in [0.1, 0.15) is 49.9 Å². The monoisotopic (exact) mass is 291 g/mol. The summed E-state index contributed by atoms with van der Waals surface area (Å²) < 4.78 is 0. The van der Waals surface area contributed by atoms with Gasteiger partial charge in [-0.2, -0.15) is 5.10 Å². The van der Waals surface area contributed by atoms with E-state index in [1.807, 2.05) is 13.8 Å². The topological polar surface area (TPSA) is 87.6 Å². The van der Waals surface area contributed by atoms with Crippen molar-refractivity contribution in [1.82, 2.24) is 10.2 Å². The molecule has 1 saturated heterocycles. The standard InChI is InChI=1S/C15H25N5O/c1-10-11(2)17-18-14(12(10)13(16)19-21)20-8-5-6-15(3,4)7-9-20/h21H,5-9H2,1-4H3,(H2,16,19). The summed E-state index contributed by atoms with van der Waals surface area (Å²) in [7, 11) is 0. The van der Waals surface area contributed by atoms with E-state index in [1.54, 1.807) is 0 Å². The lowest BCUT2D eigenvalue weighted by Gasteiger charge is -2.26. The molecule has 1 aliphatic heterocycles. The Morgan fingerprint density at radius 3 is 2.62 bits per heavy atom. The second-order valence-corrected chi connectivity index (χ2v) is 6.60. The van der Waals surface area contributed by atoms with Gasteiger partial charge in [0, 0.05) is 13.1 Å². The summed E-state index contributed by atoms with van der Waals surface area (Å²) in [6.07, 6.45) is 3.40. The van der Waals surface area contributed by atoms with Gasteiger partial charge in [-0.3, -0.25) is 0 Å². The average molecular weight is 291 g/mol. The van der Waals surface area contributed by atoms with Crippen LogP contribution in [-0.4, -0.2) is 34.3 Å². The van der Waals surface area contributed by atoms with E-state index < -0.39 is 0 Å². The quantitative estimate of drug-likeness (QED) is 0.377. The van der Waals surface area contributed by atoms with Crippen LogP contribution < -0.4 is 10.6 Å². The van der Waals surface area contributed by atoms with Crippen LogP contribution in [0.4, 0.5) is 5.82 Å². The molecule has 21 heavy (non-hydrogen) atoms. The molecule has 1 fully saturated rings. The van der Waals surface area contributed by atoms with Crippen molar-refractivity contribution in [3.8, 4) is 0 Å². The third kappa shape index (κ3) is 3.25. The Hall–Kier alpha value is -1.85. The Kier molecular flexibility index (Phi) is 4.34. The summed E-state index contributed by atoms with van der Waals surface area (Å²) in [6.45, 7) is 10.2. The number of anilines is 1. The van der Waals surface area contributed by atoms with Crippen LogP contribution in [0.25, 0.3) is 0 Å². The van der Waals surface area contributed by atoms with Crippen molar-refractivity contribution >= 4 is 11.7 Å². The number of amidine groups is 1. The fourth-order valence-corrected chi connectivity index (χ4v) is 2.81. The van der Waals surface area contributed by atoms with Gasteiger partial charge in [0.25, 0.3) is 0 Å². The van der Waals surface area contributed by atoms with Crippen molar-refractivity contribution in [2.75, 3.05) is 18.0 Å². The van der Waals surface area contributed by atoms with E-state index in [1.165, 1.54) is 6.42 Å². The van der Waals surface area contributed by atoms with Gasteiger partial charge in [-0.25, -0.2) is 0 Å². The molecule has 1 aliphatic rings. The Bertz CT molecular complexity index is 553. The van der Waals surface area contributed by atoms with Gasteiger partial charge in [0.15, 0.2) is 11.7 Å². The molecule has 2 heterocycles. The molecular formula is C15H25N5O. The number of hydrogen-bond acceptors (Lipinski definition) is 5. The second-order valence-electron chi connectivity index (χ2n) is 6.60. The van der Waals surface area contributed by atoms with E-state index in [2.05, 4.69) is 34.1 Å². The second kappa shape index (κ2) is 5.87. The fourth-order valence-electron chi connectivity index (χ4n) is 2.81. The number of hydrogen-bond donors (Lipinski definition) is 2. The van der Waals surface area contributed by atoms with Crippen molar-refractivity contribution < 1.29 is 5.21 Å². The highest BCUT2D eigenvalue weighted by Gasteiger charge is 2.26. The van der Waals surface area contributed by atoms with Crippen LogP contribution >= 0.6 is 0 Å². The zero-order valence-electron chi connectivity index (χ0n) is 13.3. The van der Waals surface area contributed by atoms with Crippen LogP contribution in [0.5, 0.6) is 0 Å². The molecule has 0 bridgehead atoms. The maximum atomic E-state index is 9.06. The molecule has 0 radical (unpaired) electrons. The lowest BCUT2D eigenvalue weighted by atomic mass is 9.85. The minimum Gasteiger partial charge on any atom is -0.409 e. The van der Waals surface area contributed by atoms with E-state index >= 15 is 0 Å². The van der Waals surface area contributed by atoms with Crippen molar-refractivity contribution in [3.05, 3.63) is 16.8 Å². The highest BCUT2D eigenvalue weighted by Crippen LogP contribution is 2.32. The molecule has 6 nitrogen and oxygen atoms in total. The van der Waals surface area contributed by atoms with Gasteiger partial charge in [-0.05, 0) is 44.1 Å². The maximum absolute atomic E-state index is 9.06. The number of aromatic nitrogens is 2. The molecule has 2 rings (SSSR count). The largest absolute Gasteiger partial charge is 0.409 e. The van der Waals surface area contributed by atoms with E-state index in [9.17, 15) is 0 Å². The highest BCUT2D eigenvalue weighted by atomic mass is 16.4. The van der Waals surface area contributed by atoms with Crippen molar-refractivity contribution in [3.63, 3.8) is 0 Å². The highest BCUT2D eigenvalue weighted by molar-refractivity contribution is 6.02. The SMILES string of the molecule is Cc1nnc(N2CCCC(C)(C)CC2)c(C(N)=NO)c1C. The third-order valence-corrected chi connectivity index (χ3v) is 4.44. The lowest BCUT2D eigenvalue weighted by Crippen LogP contribution is -2.30. The molecule has 6 heteroatoms. The zero-order chi connectivity index (χ0) is 15.6. The maximum Gasteiger partial charge on any atom is 0.174 e. The van der Waals surface area contributed by atoms with Gasteiger partial charge in [0.2, 0.25) is 0 Å². The summed E-state index contributed by atoms with van der Waals surface area (Å²) in [5, 5.41) is 20.8. The molecule has 1 aromatic heterocycles. The molecule has 0 amide bonds. The minimum absolute atomic E-state index is 0.101. The third-order valence-electron chi connectivity index (χ3n) is 4.44. The molecule has 0 spiro atoms. The molecular weight excluding hydrogens is 266 g/mol. The molecule has 116 valence electrons. The van der Waals surface area contributed by atoms with Gasteiger partial charge >= 0.3 is 0 Å². The first kappa shape index (κ1) is 15.5. The number of nitrogens with zero attached hydrogens (tertiary/aromatic N) is 4. The summed E-state index contributed by atoms with van der Waals surface area (Å²) in [5.74, 6) is 0.829. The molecule has 0 aliphatic carbocycles. The van der Waals surface area contributed by atoms with Crippen molar-refractivity contribution in [1.29, 1.82) is 0 Å². The average Bonchev–Trinajstić information content (AvgIpc) is 2.62. The summed E-state index contributed by atoms with van der Waals surface area (Å²) in [5.41, 5.74) is 8.63. The van der Waals surface area contributed by atoms with Gasteiger partial charge in [0.05, 0.1) is 11.3 Å². The van der Waals surface area contributed by atoms with E-state index in [0.29, 0.717) is 11.0 Å². The van der Waals surface area contributed by atoms with Crippen LogP contribution in [-0.2, 0) is 0 Å². The summed E-state index contributed by atoms with van der Waals surface area (Å²) >= 11 is 0. The first-order valence-electron chi connectivity index (χ1n) is 7.42. The Morgan fingerprint density at radius 1 is 1.24 bits per heavy atom. The van der Waals surface area contributed by atoms with Gasteiger partial charge < -0.3 is 15.8 Å². The molecule has 3 N–H and O–H groups in total. The smallest absolute Gasteiger partial charge is 0.174 e. The molecule has 1 aromatic rings. The van der Waals surface area contributed by atoms with Crippen molar-refractivity contribution in [2.24, 2.45) is 16.3 Å². The molecule has 0 saturated carbocycles. The summed E-state index contributed by atoms with van der Waals surface area (Å²) in [4.78, 5) is 2.21. The van der Waals surface area contributed by atoms with E-state index in [4.69, 9.17) is 10.9 Å². The molecule has 0 aromatic carbocycles. The number of rotatable bonds is 2. The molecule has 0 atom stereocenters. The zero-order valence-corrected chi connectivity index (χ0v) is 13.3. The number of aryl methyl sites for hydroxylation is 1. The van der Waals surface area contributed by atoms with Gasteiger partial charge in [0.1, 0.15) is 0 Å². The Labute approximate surface area is 126 Å². The minimum atomic E-state index is 0.101. The predicted octanol–water partition coefficient (Wildman–Crippen LogP) is 2.20. The first-order chi connectivity index (χ1) is 9.85. The first-order valence-corrected chi connectivity index (χ1v) is 7.42. The van der Waals surface area contributed by atoms with Crippen LogP contribution in [0.3, 0.4) is 0 Å². The molecule has 0 unspecified atom stereocenters. The van der Waals surface area contributed by atoms with Gasteiger partial charge in [-0.15, -0.1) is 5.10 Å².